The van der Waals surface area contributed by atoms with Crippen LogP contribution in [0, 0.1) is 0 Å². The minimum absolute atomic E-state index is 0.0368. The first-order valence-electron chi connectivity index (χ1n) is 5.89. The third kappa shape index (κ3) is 1.61. The van der Waals surface area contributed by atoms with Crippen LogP contribution in [-0.2, 0) is 12.7 Å². The van der Waals surface area contributed by atoms with E-state index in [9.17, 15) is 13.2 Å². The molecule has 1 aliphatic heterocycles. The number of halogens is 3. The molecular formula is C13H13F3N2. The standard InChI is InChI=1S/C13H13F3N2/c1-8-6-17-7-10-5-9-3-2-4-11(13(14,15)16)12(9)18(8)10/h2-5,8,17H,6-7H2,1H3/t8-/m1/s1. The van der Waals surface area contributed by atoms with E-state index in [2.05, 4.69) is 5.32 Å². The van der Waals surface area contributed by atoms with E-state index in [0.717, 1.165) is 11.8 Å². The zero-order chi connectivity index (χ0) is 12.9. The molecule has 0 aliphatic carbocycles. The summed E-state index contributed by atoms with van der Waals surface area (Å²) in [5.41, 5.74) is 0.689. The van der Waals surface area contributed by atoms with E-state index in [-0.39, 0.29) is 6.04 Å². The second-order valence-electron chi connectivity index (χ2n) is 4.73. The lowest BCUT2D eigenvalue weighted by Crippen LogP contribution is -2.31. The molecule has 2 heterocycles. The van der Waals surface area contributed by atoms with Crippen LogP contribution in [0.25, 0.3) is 10.9 Å². The summed E-state index contributed by atoms with van der Waals surface area (Å²) in [5, 5.41) is 3.87. The molecule has 18 heavy (non-hydrogen) atoms. The number of rotatable bonds is 0. The first-order chi connectivity index (χ1) is 8.48. The van der Waals surface area contributed by atoms with Crippen LogP contribution in [-0.4, -0.2) is 11.1 Å². The molecule has 0 saturated carbocycles. The van der Waals surface area contributed by atoms with Crippen LogP contribution in [0.3, 0.4) is 0 Å². The van der Waals surface area contributed by atoms with Gasteiger partial charge in [-0.2, -0.15) is 13.2 Å². The molecular weight excluding hydrogens is 241 g/mol. The molecule has 0 amide bonds. The molecule has 96 valence electrons. The van der Waals surface area contributed by atoms with Crippen LogP contribution < -0.4 is 5.32 Å². The summed E-state index contributed by atoms with van der Waals surface area (Å²) < 4.78 is 41.0. The predicted molar refractivity (Wildman–Crippen MR) is 63.4 cm³/mol. The zero-order valence-electron chi connectivity index (χ0n) is 9.88. The SMILES string of the molecule is C[C@@H]1CNCc2cc3cccc(C(F)(F)F)c3n21. The van der Waals surface area contributed by atoms with Gasteiger partial charge < -0.3 is 9.88 Å². The number of fused-ring (bicyclic) bond motifs is 3. The van der Waals surface area contributed by atoms with E-state index in [4.69, 9.17) is 0 Å². The van der Waals surface area contributed by atoms with Crippen LogP contribution in [0.5, 0.6) is 0 Å². The molecule has 0 bridgehead atoms. The number of hydrogen-bond donors (Lipinski definition) is 1. The normalized spacial score (nSPS) is 20.1. The van der Waals surface area contributed by atoms with Crippen molar-refractivity contribution in [3.63, 3.8) is 0 Å². The highest BCUT2D eigenvalue weighted by atomic mass is 19.4. The van der Waals surface area contributed by atoms with Crippen LogP contribution in [0.1, 0.15) is 24.2 Å². The Morgan fingerprint density at radius 1 is 1.33 bits per heavy atom. The van der Waals surface area contributed by atoms with Gasteiger partial charge in [-0.05, 0) is 19.1 Å². The van der Waals surface area contributed by atoms with Crippen LogP contribution in [0.2, 0.25) is 0 Å². The van der Waals surface area contributed by atoms with Gasteiger partial charge in [0.1, 0.15) is 0 Å². The van der Waals surface area contributed by atoms with Gasteiger partial charge in [0.15, 0.2) is 0 Å². The first-order valence-corrected chi connectivity index (χ1v) is 5.89. The van der Waals surface area contributed by atoms with E-state index < -0.39 is 11.7 Å². The lowest BCUT2D eigenvalue weighted by atomic mass is 10.1. The van der Waals surface area contributed by atoms with Gasteiger partial charge >= 0.3 is 6.18 Å². The number of alkyl halides is 3. The average Bonchev–Trinajstić information content (AvgIpc) is 2.66. The lowest BCUT2D eigenvalue weighted by Gasteiger charge is -2.25. The molecule has 2 nitrogen and oxygen atoms in total. The summed E-state index contributed by atoms with van der Waals surface area (Å²) >= 11 is 0. The van der Waals surface area contributed by atoms with Crippen LogP contribution in [0.15, 0.2) is 24.3 Å². The van der Waals surface area contributed by atoms with Gasteiger partial charge in [-0.25, -0.2) is 0 Å². The van der Waals surface area contributed by atoms with Crippen molar-refractivity contribution in [2.24, 2.45) is 0 Å². The second kappa shape index (κ2) is 3.75. The van der Waals surface area contributed by atoms with Gasteiger partial charge in [-0.15, -0.1) is 0 Å². The second-order valence-corrected chi connectivity index (χ2v) is 4.73. The molecule has 1 aromatic heterocycles. The van der Waals surface area contributed by atoms with Gasteiger partial charge in [-0.1, -0.05) is 12.1 Å². The Kier molecular flexibility index (Phi) is 2.41. The van der Waals surface area contributed by atoms with Gasteiger partial charge in [0.2, 0.25) is 0 Å². The molecule has 3 rings (SSSR count). The van der Waals surface area contributed by atoms with E-state index in [1.807, 2.05) is 17.6 Å². The van der Waals surface area contributed by atoms with Crippen molar-refractivity contribution in [2.75, 3.05) is 6.54 Å². The summed E-state index contributed by atoms with van der Waals surface area (Å²) in [6.45, 7) is 3.25. The molecule has 1 aliphatic rings. The number of hydrogen-bond acceptors (Lipinski definition) is 1. The van der Waals surface area contributed by atoms with Gasteiger partial charge in [0, 0.05) is 30.2 Å². The third-order valence-electron chi connectivity index (χ3n) is 3.43. The Morgan fingerprint density at radius 3 is 2.83 bits per heavy atom. The molecule has 0 radical (unpaired) electrons. The third-order valence-corrected chi connectivity index (χ3v) is 3.43. The Labute approximate surface area is 102 Å². The highest BCUT2D eigenvalue weighted by Gasteiger charge is 2.35. The molecule has 5 heteroatoms. The summed E-state index contributed by atoms with van der Waals surface area (Å²) in [7, 11) is 0. The summed E-state index contributed by atoms with van der Waals surface area (Å²) in [4.78, 5) is 0. The fourth-order valence-electron chi connectivity index (χ4n) is 2.71. The highest BCUT2D eigenvalue weighted by molar-refractivity contribution is 5.85. The molecule has 1 aromatic carbocycles. The Morgan fingerprint density at radius 2 is 2.11 bits per heavy atom. The zero-order valence-corrected chi connectivity index (χ0v) is 9.88. The van der Waals surface area contributed by atoms with E-state index in [1.165, 1.54) is 6.07 Å². The van der Waals surface area contributed by atoms with E-state index >= 15 is 0 Å². The number of nitrogens with zero attached hydrogens (tertiary/aromatic N) is 1. The Hall–Kier alpha value is -1.49. The first kappa shape index (κ1) is 11.6. The van der Waals surface area contributed by atoms with Gasteiger partial charge in [0.05, 0.1) is 11.1 Å². The molecule has 1 N–H and O–H groups in total. The van der Waals surface area contributed by atoms with Crippen molar-refractivity contribution >= 4 is 10.9 Å². The summed E-state index contributed by atoms with van der Waals surface area (Å²) in [5.74, 6) is 0. The maximum absolute atomic E-state index is 13.1. The molecule has 0 saturated heterocycles. The Balaban J connectivity index is 2.36. The predicted octanol–water partition coefficient (Wildman–Crippen LogP) is 3.32. The van der Waals surface area contributed by atoms with Crippen LogP contribution >= 0.6 is 0 Å². The molecule has 2 aromatic rings. The van der Waals surface area contributed by atoms with Gasteiger partial charge in [-0.3, -0.25) is 0 Å². The smallest absolute Gasteiger partial charge is 0.339 e. The number of aromatic nitrogens is 1. The molecule has 1 atom stereocenters. The highest BCUT2D eigenvalue weighted by Crippen LogP contribution is 2.37. The number of benzene rings is 1. The fraction of sp³-hybridized carbons (Fsp3) is 0.385. The summed E-state index contributed by atoms with van der Waals surface area (Å²) in [6.07, 6.45) is -4.31. The summed E-state index contributed by atoms with van der Waals surface area (Å²) in [6, 6.07) is 6.24. The fourth-order valence-corrected chi connectivity index (χ4v) is 2.71. The minimum Gasteiger partial charge on any atom is -0.339 e. The van der Waals surface area contributed by atoms with Crippen molar-refractivity contribution in [1.29, 1.82) is 0 Å². The van der Waals surface area contributed by atoms with Gasteiger partial charge in [0.25, 0.3) is 0 Å². The molecule has 0 fully saturated rings. The lowest BCUT2D eigenvalue weighted by molar-refractivity contribution is -0.136. The maximum Gasteiger partial charge on any atom is 0.418 e. The quantitative estimate of drug-likeness (QED) is 0.763. The molecule has 0 unspecified atom stereocenters. The average molecular weight is 254 g/mol. The Bertz CT molecular complexity index is 598. The van der Waals surface area contributed by atoms with Crippen molar-refractivity contribution in [1.82, 2.24) is 9.88 Å². The maximum atomic E-state index is 13.1. The van der Waals surface area contributed by atoms with E-state index in [1.54, 1.807) is 6.07 Å². The van der Waals surface area contributed by atoms with E-state index in [0.29, 0.717) is 24.0 Å². The van der Waals surface area contributed by atoms with Crippen molar-refractivity contribution < 1.29 is 13.2 Å². The largest absolute Gasteiger partial charge is 0.418 e. The monoisotopic (exact) mass is 254 g/mol. The topological polar surface area (TPSA) is 17.0 Å². The molecule has 0 spiro atoms. The number of para-hydroxylation sites is 1. The van der Waals surface area contributed by atoms with Crippen molar-refractivity contribution in [3.05, 3.63) is 35.5 Å². The van der Waals surface area contributed by atoms with Crippen molar-refractivity contribution in [3.8, 4) is 0 Å². The van der Waals surface area contributed by atoms with Crippen molar-refractivity contribution in [2.45, 2.75) is 25.7 Å². The number of nitrogens with one attached hydrogen (secondary N) is 1. The minimum atomic E-state index is -4.31. The van der Waals surface area contributed by atoms with Crippen LogP contribution in [0.4, 0.5) is 13.2 Å².